The Labute approximate surface area is 222 Å². The molecular weight excluding hydrogens is 478 g/mol. The Balaban J connectivity index is 1.36. The Kier molecular flexibility index (Phi) is 6.84. The van der Waals surface area contributed by atoms with Gasteiger partial charge in [0.15, 0.2) is 6.04 Å². The fraction of sp³-hybridized carbons (Fsp3) is 0.448. The first-order valence-corrected chi connectivity index (χ1v) is 13.8. The molecule has 0 spiro atoms. The quantitative estimate of drug-likeness (QED) is 0.411. The largest absolute Gasteiger partial charge is 0.497 e. The van der Waals surface area contributed by atoms with Gasteiger partial charge in [0.05, 0.1) is 50.4 Å². The van der Waals surface area contributed by atoms with Crippen LogP contribution in [-0.4, -0.2) is 58.5 Å². The molecule has 2 aliphatic rings. The third kappa shape index (κ3) is 4.67. The van der Waals surface area contributed by atoms with E-state index in [4.69, 9.17) is 4.74 Å². The third-order valence-electron chi connectivity index (χ3n) is 8.38. The van der Waals surface area contributed by atoms with Crippen molar-refractivity contribution in [2.75, 3.05) is 38.2 Å². The Morgan fingerprint density at radius 2 is 1.82 bits per heavy atom. The van der Waals surface area contributed by atoms with Gasteiger partial charge in [-0.1, -0.05) is 37.5 Å². The molecule has 0 radical (unpaired) electrons. The first-order chi connectivity index (χ1) is 18.6. The fourth-order valence-electron chi connectivity index (χ4n) is 6.27. The molecule has 6 rings (SSSR count). The number of anilines is 1. The van der Waals surface area contributed by atoms with E-state index in [1.807, 2.05) is 35.9 Å². The molecule has 0 amide bonds. The van der Waals surface area contributed by atoms with Crippen molar-refractivity contribution in [2.45, 2.75) is 51.1 Å². The Morgan fingerprint density at radius 3 is 2.55 bits per heavy atom. The summed E-state index contributed by atoms with van der Waals surface area (Å²) >= 11 is 0. The number of aromatic nitrogens is 5. The molecule has 1 aliphatic carbocycles. The Hall–Kier alpha value is -3.72. The Morgan fingerprint density at radius 1 is 1.05 bits per heavy atom. The summed E-state index contributed by atoms with van der Waals surface area (Å²) in [5.74, 6) is 1.67. The lowest BCUT2D eigenvalue weighted by Gasteiger charge is -2.37. The van der Waals surface area contributed by atoms with Crippen molar-refractivity contribution in [3.8, 4) is 5.75 Å². The third-order valence-corrected chi connectivity index (χ3v) is 8.38. The van der Waals surface area contributed by atoms with Gasteiger partial charge in [-0.3, -0.25) is 4.79 Å². The first-order valence-electron chi connectivity index (χ1n) is 13.8. The minimum atomic E-state index is -0.237. The van der Waals surface area contributed by atoms with Crippen molar-refractivity contribution in [3.63, 3.8) is 0 Å². The van der Waals surface area contributed by atoms with E-state index in [1.165, 1.54) is 29.8 Å². The summed E-state index contributed by atoms with van der Waals surface area (Å²) < 4.78 is 7.36. The second-order valence-corrected chi connectivity index (χ2v) is 10.6. The number of aromatic amines is 1. The molecule has 1 unspecified atom stereocenters. The number of fused-ring (bicyclic) bond motifs is 1. The van der Waals surface area contributed by atoms with E-state index in [0.717, 1.165) is 72.6 Å². The number of piperazine rings is 1. The number of benzene rings is 2. The minimum absolute atomic E-state index is 0.0555. The van der Waals surface area contributed by atoms with Crippen molar-refractivity contribution < 1.29 is 9.64 Å². The number of para-hydroxylation sites is 1. The van der Waals surface area contributed by atoms with E-state index in [2.05, 4.69) is 49.7 Å². The highest BCUT2D eigenvalue weighted by atomic mass is 16.5. The zero-order chi connectivity index (χ0) is 26.1. The summed E-state index contributed by atoms with van der Waals surface area (Å²) in [7, 11) is 1.69. The van der Waals surface area contributed by atoms with Crippen LogP contribution in [0.1, 0.15) is 61.1 Å². The molecule has 1 atom stereocenters. The molecule has 0 bridgehead atoms. The van der Waals surface area contributed by atoms with E-state index in [0.29, 0.717) is 0 Å². The highest BCUT2D eigenvalue weighted by molar-refractivity contribution is 5.82. The van der Waals surface area contributed by atoms with E-state index >= 15 is 0 Å². The number of pyridine rings is 1. The average Bonchev–Trinajstić information content (AvgIpc) is 3.44. The lowest BCUT2D eigenvalue weighted by molar-refractivity contribution is -0.927. The highest BCUT2D eigenvalue weighted by Gasteiger charge is 2.37. The molecule has 4 aromatic rings. The number of nitrogens with one attached hydrogen (secondary N) is 2. The van der Waals surface area contributed by atoms with Gasteiger partial charge in [-0.15, -0.1) is 5.10 Å². The maximum Gasteiger partial charge on any atom is 0.258 e. The number of quaternary nitrogens is 1. The number of rotatable bonds is 6. The monoisotopic (exact) mass is 514 g/mol. The topological polar surface area (TPSA) is 93.4 Å². The van der Waals surface area contributed by atoms with Gasteiger partial charge in [-0.05, 0) is 71.5 Å². The molecule has 2 aromatic carbocycles. The van der Waals surface area contributed by atoms with Crippen LogP contribution in [0.2, 0.25) is 0 Å². The average molecular weight is 515 g/mol. The number of hydrogen-bond donors (Lipinski definition) is 2. The van der Waals surface area contributed by atoms with Crippen LogP contribution in [0, 0.1) is 6.92 Å². The molecule has 2 aromatic heterocycles. The molecule has 38 heavy (non-hydrogen) atoms. The summed E-state index contributed by atoms with van der Waals surface area (Å²) in [6, 6.07) is 16.5. The van der Waals surface area contributed by atoms with Crippen LogP contribution in [0.5, 0.6) is 5.75 Å². The summed E-state index contributed by atoms with van der Waals surface area (Å²) in [5, 5.41) is 14.2. The van der Waals surface area contributed by atoms with Crippen LogP contribution in [0.15, 0.2) is 53.3 Å². The van der Waals surface area contributed by atoms with Crippen molar-refractivity contribution >= 4 is 16.6 Å². The maximum absolute atomic E-state index is 13.6. The SMILES string of the molecule is COc1ccc(N2CC[NH+](C(c3cc4cccc(C)c4[nH]c3=O)c3nnnn3C3CCCCC3)CC2)cc1. The number of methoxy groups -OCH3 is 1. The highest BCUT2D eigenvalue weighted by Crippen LogP contribution is 2.30. The fourth-order valence-corrected chi connectivity index (χ4v) is 6.27. The van der Waals surface area contributed by atoms with E-state index in [1.54, 1.807) is 7.11 Å². The van der Waals surface area contributed by atoms with Crippen LogP contribution >= 0.6 is 0 Å². The standard InChI is InChI=1S/C29H35N7O2/c1-20-7-6-8-21-19-25(29(37)30-26(20)21)27(28-31-32-33-36(28)23-9-4-3-5-10-23)35-17-15-34(16-18-35)22-11-13-24(38-2)14-12-22/h6-8,11-14,19,23,27H,3-5,9-10,15-18H2,1-2H3,(H,30,37)/p+1. The van der Waals surface area contributed by atoms with Gasteiger partial charge in [0.1, 0.15) is 5.75 Å². The molecule has 9 nitrogen and oxygen atoms in total. The molecule has 2 fully saturated rings. The lowest BCUT2D eigenvalue weighted by Crippen LogP contribution is -3.15. The molecular formula is C29H36N7O2+. The van der Waals surface area contributed by atoms with Gasteiger partial charge in [0, 0.05) is 5.69 Å². The van der Waals surface area contributed by atoms with Gasteiger partial charge >= 0.3 is 0 Å². The smallest absolute Gasteiger partial charge is 0.258 e. The molecule has 9 heteroatoms. The van der Waals surface area contributed by atoms with Crippen LogP contribution in [0.25, 0.3) is 10.9 Å². The number of hydrogen-bond acceptors (Lipinski definition) is 6. The van der Waals surface area contributed by atoms with Crippen LogP contribution < -0.4 is 20.1 Å². The molecule has 2 N–H and O–H groups in total. The normalized spacial score (nSPS) is 18.1. The number of tetrazole rings is 1. The molecule has 1 saturated carbocycles. The van der Waals surface area contributed by atoms with Gasteiger partial charge in [0.2, 0.25) is 5.82 Å². The van der Waals surface area contributed by atoms with Gasteiger partial charge in [-0.2, -0.15) is 0 Å². The van der Waals surface area contributed by atoms with Crippen molar-refractivity contribution in [3.05, 3.63) is 75.8 Å². The zero-order valence-corrected chi connectivity index (χ0v) is 22.2. The summed E-state index contributed by atoms with van der Waals surface area (Å²) in [6.45, 7) is 5.54. The number of ether oxygens (including phenoxy) is 1. The number of nitrogens with zero attached hydrogens (tertiary/aromatic N) is 5. The zero-order valence-electron chi connectivity index (χ0n) is 22.2. The second kappa shape index (κ2) is 10.6. The summed E-state index contributed by atoms with van der Waals surface area (Å²) in [4.78, 5) is 20.5. The van der Waals surface area contributed by atoms with Crippen molar-refractivity contribution in [1.82, 2.24) is 25.2 Å². The van der Waals surface area contributed by atoms with Crippen molar-refractivity contribution in [2.24, 2.45) is 0 Å². The summed E-state index contributed by atoms with van der Waals surface area (Å²) in [6.07, 6.45) is 5.81. The number of aryl methyl sites for hydroxylation is 1. The van der Waals surface area contributed by atoms with Crippen LogP contribution in [0.4, 0.5) is 5.69 Å². The molecule has 1 saturated heterocycles. The van der Waals surface area contributed by atoms with Crippen molar-refractivity contribution in [1.29, 1.82) is 0 Å². The first kappa shape index (κ1) is 24.6. The van der Waals surface area contributed by atoms with Crippen LogP contribution in [0.3, 0.4) is 0 Å². The number of H-pyrrole nitrogens is 1. The van der Waals surface area contributed by atoms with E-state index in [-0.39, 0.29) is 17.6 Å². The lowest BCUT2D eigenvalue weighted by atomic mass is 9.95. The summed E-state index contributed by atoms with van der Waals surface area (Å²) in [5.41, 5.74) is 3.83. The molecule has 3 heterocycles. The predicted octanol–water partition coefficient (Wildman–Crippen LogP) is 2.83. The van der Waals surface area contributed by atoms with Gasteiger partial charge < -0.3 is 19.5 Å². The molecule has 198 valence electrons. The van der Waals surface area contributed by atoms with Crippen LogP contribution in [-0.2, 0) is 0 Å². The predicted molar refractivity (Wildman–Crippen MR) is 147 cm³/mol. The van der Waals surface area contributed by atoms with E-state index < -0.39 is 0 Å². The maximum atomic E-state index is 13.6. The Bertz CT molecular complexity index is 1450. The van der Waals surface area contributed by atoms with Gasteiger partial charge in [0.25, 0.3) is 5.56 Å². The second-order valence-electron chi connectivity index (χ2n) is 10.6. The minimum Gasteiger partial charge on any atom is -0.497 e. The van der Waals surface area contributed by atoms with Gasteiger partial charge in [-0.25, -0.2) is 4.68 Å². The molecule has 1 aliphatic heterocycles. The van der Waals surface area contributed by atoms with E-state index in [9.17, 15) is 4.79 Å².